The summed E-state index contributed by atoms with van der Waals surface area (Å²) in [6.07, 6.45) is 1.15. The number of carbonyl (C=O) groups excluding carboxylic acids is 1. The van der Waals surface area contributed by atoms with E-state index in [1.807, 2.05) is 0 Å². The summed E-state index contributed by atoms with van der Waals surface area (Å²) in [7, 11) is -0.660. The number of benzene rings is 1. The third kappa shape index (κ3) is 4.54. The molecule has 0 saturated carbocycles. The fourth-order valence-corrected chi connectivity index (χ4v) is 3.47. The highest BCUT2D eigenvalue weighted by Gasteiger charge is 2.21. The summed E-state index contributed by atoms with van der Waals surface area (Å²) in [6, 6.07) is 4.67. The maximum Gasteiger partial charge on any atom is 0.251 e. The molecule has 0 aromatic heterocycles. The summed E-state index contributed by atoms with van der Waals surface area (Å²) in [5, 5.41) is 2.77. The Hall–Kier alpha value is -1.48. The van der Waals surface area contributed by atoms with Crippen LogP contribution in [-0.2, 0) is 19.5 Å². The summed E-state index contributed by atoms with van der Waals surface area (Å²) in [5.74, 6) is -0.319. The first-order valence-corrected chi connectivity index (χ1v) is 9.31. The molecule has 1 heterocycles. The topological polar surface area (TPSA) is 84.9 Å². The number of rotatable bonds is 6. The lowest BCUT2D eigenvalue weighted by Crippen LogP contribution is -2.31. The number of nitrogens with zero attached hydrogens (tertiary/aromatic N) is 1. The predicted octanol–water partition coefficient (Wildman–Crippen LogP) is 1.13. The van der Waals surface area contributed by atoms with Crippen LogP contribution in [0.4, 0.5) is 0 Å². The van der Waals surface area contributed by atoms with E-state index in [1.165, 1.54) is 20.2 Å². The highest BCUT2D eigenvalue weighted by Crippen LogP contribution is 2.20. The molecule has 1 aliphatic heterocycles. The van der Waals surface area contributed by atoms with Gasteiger partial charge in [-0.2, -0.15) is 0 Å². The molecule has 1 fully saturated rings. The average molecular weight is 356 g/mol. The summed E-state index contributed by atoms with van der Waals surface area (Å²) in [4.78, 5) is 12.4. The molecule has 1 aromatic carbocycles. The molecule has 1 aliphatic rings. The normalized spacial score (nSPS) is 16.3. The van der Waals surface area contributed by atoms with Gasteiger partial charge in [0, 0.05) is 32.6 Å². The van der Waals surface area contributed by atoms with Crippen molar-refractivity contribution in [3.05, 3.63) is 29.3 Å². The van der Waals surface area contributed by atoms with Gasteiger partial charge in [0.05, 0.1) is 18.1 Å². The van der Waals surface area contributed by atoms with E-state index in [9.17, 15) is 13.2 Å². The molecule has 1 amide bonds. The number of carbonyl (C=O) groups is 1. The van der Waals surface area contributed by atoms with Crippen LogP contribution >= 0.6 is 0 Å². The Morgan fingerprint density at radius 3 is 2.58 bits per heavy atom. The molecule has 0 spiro atoms. The van der Waals surface area contributed by atoms with Gasteiger partial charge in [-0.25, -0.2) is 12.7 Å². The molecule has 1 N–H and O–H groups in total. The molecular weight excluding hydrogens is 332 g/mol. The van der Waals surface area contributed by atoms with Crippen molar-refractivity contribution >= 4 is 15.9 Å². The fraction of sp³-hybridized carbons (Fsp3) is 0.562. The van der Waals surface area contributed by atoms with Gasteiger partial charge >= 0.3 is 0 Å². The van der Waals surface area contributed by atoms with Crippen molar-refractivity contribution in [1.82, 2.24) is 9.62 Å². The average Bonchev–Trinajstić information content (AvgIpc) is 2.55. The van der Waals surface area contributed by atoms with E-state index < -0.39 is 10.0 Å². The molecule has 0 radical (unpaired) electrons. The summed E-state index contributed by atoms with van der Waals surface area (Å²) in [5.41, 5.74) is 0.913. The Morgan fingerprint density at radius 1 is 1.29 bits per heavy atom. The second kappa shape index (κ2) is 8.06. The molecular formula is C16H24N2O5S. The number of amides is 1. The monoisotopic (exact) mass is 356 g/mol. The van der Waals surface area contributed by atoms with Crippen LogP contribution < -0.4 is 5.32 Å². The Bertz CT molecular complexity index is 682. The summed E-state index contributed by atoms with van der Waals surface area (Å²) in [6.45, 7) is 3.44. The van der Waals surface area contributed by atoms with E-state index in [-0.39, 0.29) is 17.1 Å². The van der Waals surface area contributed by atoms with Gasteiger partial charge < -0.3 is 14.8 Å². The molecule has 2 rings (SSSR count). The zero-order valence-corrected chi connectivity index (χ0v) is 15.1. The molecule has 8 heteroatoms. The minimum atomic E-state index is -3.59. The van der Waals surface area contributed by atoms with E-state index >= 15 is 0 Å². The maximum atomic E-state index is 12.3. The van der Waals surface area contributed by atoms with Gasteiger partial charge in [0.1, 0.15) is 0 Å². The molecule has 0 unspecified atom stereocenters. The van der Waals surface area contributed by atoms with Gasteiger partial charge in [-0.3, -0.25) is 4.79 Å². The maximum absolute atomic E-state index is 12.3. The first-order valence-electron chi connectivity index (χ1n) is 7.87. The molecule has 7 nitrogen and oxygen atoms in total. The fourth-order valence-electron chi connectivity index (χ4n) is 2.32. The summed E-state index contributed by atoms with van der Waals surface area (Å²) >= 11 is 0. The Morgan fingerprint density at radius 2 is 1.96 bits per heavy atom. The minimum Gasteiger partial charge on any atom is -0.353 e. The molecule has 0 bridgehead atoms. The summed E-state index contributed by atoms with van der Waals surface area (Å²) < 4.78 is 36.6. The number of sulfonamides is 1. The van der Waals surface area contributed by atoms with Crippen molar-refractivity contribution in [2.45, 2.75) is 31.0 Å². The Kier molecular flexibility index (Phi) is 6.34. The Balaban J connectivity index is 2.02. The smallest absolute Gasteiger partial charge is 0.251 e. The van der Waals surface area contributed by atoms with Crippen molar-refractivity contribution in [2.75, 3.05) is 33.9 Å². The van der Waals surface area contributed by atoms with Crippen LogP contribution in [0.5, 0.6) is 0 Å². The van der Waals surface area contributed by atoms with E-state index in [1.54, 1.807) is 19.1 Å². The van der Waals surface area contributed by atoms with Gasteiger partial charge in [-0.05, 0) is 31.0 Å². The zero-order chi connectivity index (χ0) is 17.7. The van der Waals surface area contributed by atoms with Gasteiger partial charge in [-0.15, -0.1) is 0 Å². The Labute approximate surface area is 143 Å². The second-order valence-electron chi connectivity index (χ2n) is 5.84. The highest BCUT2D eigenvalue weighted by molar-refractivity contribution is 7.89. The molecule has 1 aromatic rings. The number of aryl methyl sites for hydroxylation is 1. The van der Waals surface area contributed by atoms with E-state index in [2.05, 4.69) is 5.32 Å². The van der Waals surface area contributed by atoms with Crippen molar-refractivity contribution in [3.63, 3.8) is 0 Å². The minimum absolute atomic E-state index is 0.138. The van der Waals surface area contributed by atoms with Crippen LogP contribution in [0.1, 0.15) is 28.8 Å². The number of nitrogens with one attached hydrogen (secondary N) is 1. The molecule has 1 saturated heterocycles. The van der Waals surface area contributed by atoms with Crippen LogP contribution in [0.25, 0.3) is 0 Å². The van der Waals surface area contributed by atoms with Gasteiger partial charge in [0.25, 0.3) is 5.91 Å². The number of ether oxygens (including phenoxy) is 2. The van der Waals surface area contributed by atoms with Crippen LogP contribution in [-0.4, -0.2) is 58.8 Å². The van der Waals surface area contributed by atoms with Crippen molar-refractivity contribution < 1.29 is 22.7 Å². The van der Waals surface area contributed by atoms with E-state index in [4.69, 9.17) is 9.47 Å². The van der Waals surface area contributed by atoms with Gasteiger partial charge in [0.2, 0.25) is 10.0 Å². The number of hydrogen-bond acceptors (Lipinski definition) is 5. The quantitative estimate of drug-likeness (QED) is 0.826. The third-order valence-corrected chi connectivity index (χ3v) is 5.73. The van der Waals surface area contributed by atoms with Crippen molar-refractivity contribution in [3.8, 4) is 0 Å². The largest absolute Gasteiger partial charge is 0.353 e. The van der Waals surface area contributed by atoms with Crippen LogP contribution in [0.2, 0.25) is 0 Å². The second-order valence-corrected chi connectivity index (χ2v) is 7.96. The third-order valence-electron chi connectivity index (χ3n) is 3.77. The van der Waals surface area contributed by atoms with Gasteiger partial charge in [0.15, 0.2) is 6.29 Å². The standard InChI is InChI=1S/C16H24N2O5S/c1-12-5-6-13(11-14(12)24(20,21)18(2)3)16(19)17-8-7-15-22-9-4-10-23-15/h5-6,11,15H,4,7-10H2,1-3H3,(H,17,19). The van der Waals surface area contributed by atoms with Crippen LogP contribution in [0.3, 0.4) is 0 Å². The molecule has 0 aliphatic carbocycles. The predicted molar refractivity (Wildman–Crippen MR) is 89.3 cm³/mol. The SMILES string of the molecule is Cc1ccc(C(=O)NCCC2OCCCO2)cc1S(=O)(=O)N(C)C. The van der Waals surface area contributed by atoms with Gasteiger partial charge in [-0.1, -0.05) is 6.07 Å². The van der Waals surface area contributed by atoms with Crippen LogP contribution in [0, 0.1) is 6.92 Å². The zero-order valence-electron chi connectivity index (χ0n) is 14.2. The molecule has 0 atom stereocenters. The molecule has 24 heavy (non-hydrogen) atoms. The lowest BCUT2D eigenvalue weighted by Gasteiger charge is -2.23. The van der Waals surface area contributed by atoms with Crippen molar-refractivity contribution in [2.24, 2.45) is 0 Å². The van der Waals surface area contributed by atoms with E-state index in [0.29, 0.717) is 37.3 Å². The highest BCUT2D eigenvalue weighted by atomic mass is 32.2. The van der Waals surface area contributed by atoms with Crippen molar-refractivity contribution in [1.29, 1.82) is 0 Å². The lowest BCUT2D eigenvalue weighted by atomic mass is 10.1. The molecule has 134 valence electrons. The van der Waals surface area contributed by atoms with Crippen LogP contribution in [0.15, 0.2) is 23.1 Å². The first-order chi connectivity index (χ1) is 11.3. The number of hydrogen-bond donors (Lipinski definition) is 1. The first kappa shape index (κ1) is 18.9. The lowest BCUT2D eigenvalue weighted by molar-refractivity contribution is -0.180. The van der Waals surface area contributed by atoms with E-state index in [0.717, 1.165) is 10.7 Å².